The number of aromatic nitrogens is 2. The Morgan fingerprint density at radius 2 is 1.81 bits per heavy atom. The van der Waals surface area contributed by atoms with E-state index in [1.807, 2.05) is 0 Å². The van der Waals surface area contributed by atoms with Gasteiger partial charge in [0.15, 0.2) is 0 Å². The van der Waals surface area contributed by atoms with E-state index in [9.17, 15) is 18.0 Å². The maximum Gasteiger partial charge on any atom is 0.445 e. The first kappa shape index (κ1) is 10.9. The second-order valence-corrected chi connectivity index (χ2v) is 3.86. The minimum atomic E-state index is -4.58. The van der Waals surface area contributed by atoms with Crippen molar-refractivity contribution in [3.8, 4) is 5.69 Å². The molecule has 0 amide bonds. The Labute approximate surface area is 91.8 Å². The number of halogens is 3. The van der Waals surface area contributed by atoms with Crippen molar-refractivity contribution in [1.82, 2.24) is 9.78 Å². The topological polar surface area (TPSA) is 34.9 Å². The van der Waals surface area contributed by atoms with Gasteiger partial charge in [0, 0.05) is 0 Å². The largest absolute Gasteiger partial charge is 0.445 e. The molecule has 0 unspecified atom stereocenters. The predicted molar refractivity (Wildman–Crippen MR) is 52.7 cm³/mol. The highest BCUT2D eigenvalue weighted by Gasteiger charge is 2.36. The number of nitrogens with zero attached hydrogens (tertiary/aromatic N) is 2. The van der Waals surface area contributed by atoms with E-state index in [-0.39, 0.29) is 11.3 Å². The molecular weight excluding hydrogens is 241 g/mol. The van der Waals surface area contributed by atoms with Crippen LogP contribution in [0.3, 0.4) is 0 Å². The van der Waals surface area contributed by atoms with Gasteiger partial charge < -0.3 is 0 Å². The summed E-state index contributed by atoms with van der Waals surface area (Å²) in [6, 6.07) is 7.97. The first-order valence-electron chi connectivity index (χ1n) is 4.21. The molecule has 0 N–H and O–H groups in total. The van der Waals surface area contributed by atoms with Crippen molar-refractivity contribution < 1.29 is 13.2 Å². The van der Waals surface area contributed by atoms with Gasteiger partial charge in [-0.25, -0.2) is 0 Å². The molecule has 0 atom stereocenters. The number of alkyl halides is 3. The van der Waals surface area contributed by atoms with Crippen LogP contribution in [0.25, 0.3) is 5.69 Å². The molecule has 0 bridgehead atoms. The van der Waals surface area contributed by atoms with Gasteiger partial charge >= 0.3 is 11.0 Å². The number of rotatable bonds is 1. The van der Waals surface area contributed by atoms with Crippen molar-refractivity contribution in [1.29, 1.82) is 0 Å². The molecule has 0 aliphatic heterocycles. The summed E-state index contributed by atoms with van der Waals surface area (Å²) in [4.78, 5) is 10.6. The number of hydrogen-bond acceptors (Lipinski definition) is 3. The van der Waals surface area contributed by atoms with Gasteiger partial charge in [0.25, 0.3) is 0 Å². The summed E-state index contributed by atoms with van der Waals surface area (Å²) in [7, 11) is 0. The number of benzene rings is 1. The van der Waals surface area contributed by atoms with E-state index in [1.165, 1.54) is 12.1 Å². The minimum absolute atomic E-state index is 0.0874. The zero-order valence-corrected chi connectivity index (χ0v) is 8.55. The lowest BCUT2D eigenvalue weighted by molar-refractivity contribution is -0.138. The van der Waals surface area contributed by atoms with Crippen molar-refractivity contribution in [2.75, 3.05) is 0 Å². The highest BCUT2D eigenvalue weighted by Crippen LogP contribution is 2.29. The van der Waals surface area contributed by atoms with Crippen LogP contribution in [0.15, 0.2) is 35.1 Å². The van der Waals surface area contributed by atoms with Gasteiger partial charge in [0.05, 0.1) is 5.69 Å². The van der Waals surface area contributed by atoms with E-state index < -0.39 is 16.1 Å². The molecule has 84 valence electrons. The van der Waals surface area contributed by atoms with E-state index in [0.717, 1.165) is 4.68 Å². The van der Waals surface area contributed by atoms with Crippen molar-refractivity contribution >= 4 is 11.3 Å². The van der Waals surface area contributed by atoms with Crippen LogP contribution >= 0.6 is 11.3 Å². The summed E-state index contributed by atoms with van der Waals surface area (Å²) < 4.78 is 37.6. The summed E-state index contributed by atoms with van der Waals surface area (Å²) in [5.74, 6) is 0. The first-order chi connectivity index (χ1) is 7.48. The third kappa shape index (κ3) is 1.99. The lowest BCUT2D eigenvalue weighted by Gasteiger charge is -2.00. The van der Waals surface area contributed by atoms with E-state index in [2.05, 4.69) is 5.10 Å². The van der Waals surface area contributed by atoms with E-state index >= 15 is 0 Å². The Balaban J connectivity index is 2.53. The second kappa shape index (κ2) is 3.75. The molecule has 0 saturated heterocycles. The molecular formula is C9H5F3N2OS. The highest BCUT2D eigenvalue weighted by atomic mass is 32.1. The fourth-order valence-corrected chi connectivity index (χ4v) is 1.76. The van der Waals surface area contributed by atoms with Crippen molar-refractivity contribution in [3.63, 3.8) is 0 Å². The number of hydrogen-bond donors (Lipinski definition) is 0. The number of para-hydroxylation sites is 1. The minimum Gasteiger partial charge on any atom is -0.255 e. The van der Waals surface area contributed by atoms with Crippen LogP contribution < -0.4 is 4.87 Å². The monoisotopic (exact) mass is 246 g/mol. The van der Waals surface area contributed by atoms with Crippen molar-refractivity contribution in [2.24, 2.45) is 0 Å². The van der Waals surface area contributed by atoms with Crippen LogP contribution in [0.1, 0.15) is 5.01 Å². The van der Waals surface area contributed by atoms with Gasteiger partial charge in [-0.3, -0.25) is 4.79 Å². The van der Waals surface area contributed by atoms with E-state index in [0.29, 0.717) is 5.69 Å². The molecule has 0 saturated carbocycles. The zero-order chi connectivity index (χ0) is 11.8. The van der Waals surface area contributed by atoms with Gasteiger partial charge in [0.2, 0.25) is 5.01 Å². The fourth-order valence-electron chi connectivity index (χ4n) is 1.12. The van der Waals surface area contributed by atoms with Crippen molar-refractivity contribution in [2.45, 2.75) is 6.18 Å². The summed E-state index contributed by atoms with van der Waals surface area (Å²) in [5, 5.41) is 2.11. The predicted octanol–water partition coefficient (Wildman–Crippen LogP) is 2.31. The summed E-state index contributed by atoms with van der Waals surface area (Å²) in [6.45, 7) is 0. The smallest absolute Gasteiger partial charge is 0.255 e. The van der Waals surface area contributed by atoms with Crippen LogP contribution in [-0.4, -0.2) is 9.78 Å². The Morgan fingerprint density at radius 1 is 1.19 bits per heavy atom. The molecule has 1 aromatic heterocycles. The van der Waals surface area contributed by atoms with Crippen LogP contribution in [0.2, 0.25) is 0 Å². The second-order valence-electron chi connectivity index (χ2n) is 2.92. The van der Waals surface area contributed by atoms with Gasteiger partial charge in [-0.05, 0) is 23.5 Å². The van der Waals surface area contributed by atoms with Crippen LogP contribution in [-0.2, 0) is 6.18 Å². The highest BCUT2D eigenvalue weighted by molar-refractivity contribution is 7.09. The molecule has 1 heterocycles. The lowest BCUT2D eigenvalue weighted by atomic mass is 10.3. The molecule has 7 heteroatoms. The van der Waals surface area contributed by atoms with Crippen LogP contribution in [0.4, 0.5) is 13.2 Å². The standard InChI is InChI=1S/C9H5F3N2OS/c10-9(11,12)7-13-14(8(15)16-7)6-4-2-1-3-5-6/h1-5H. The van der Waals surface area contributed by atoms with Crippen molar-refractivity contribution in [3.05, 3.63) is 45.0 Å². The van der Waals surface area contributed by atoms with E-state index in [1.54, 1.807) is 18.2 Å². The molecule has 16 heavy (non-hydrogen) atoms. The molecule has 2 aromatic rings. The molecule has 0 fully saturated rings. The molecule has 0 aliphatic carbocycles. The normalized spacial score (nSPS) is 11.7. The van der Waals surface area contributed by atoms with Crippen LogP contribution in [0.5, 0.6) is 0 Å². The van der Waals surface area contributed by atoms with E-state index in [4.69, 9.17) is 0 Å². The zero-order valence-electron chi connectivity index (χ0n) is 7.73. The van der Waals surface area contributed by atoms with Gasteiger partial charge in [-0.2, -0.15) is 17.9 Å². The third-order valence-electron chi connectivity index (χ3n) is 1.79. The molecule has 1 aromatic carbocycles. The Bertz CT molecular complexity index is 544. The first-order valence-corrected chi connectivity index (χ1v) is 5.03. The van der Waals surface area contributed by atoms with Gasteiger partial charge in [-0.15, -0.1) is 5.10 Å². The average molecular weight is 246 g/mol. The Morgan fingerprint density at radius 3 is 2.31 bits per heavy atom. The fraction of sp³-hybridized carbons (Fsp3) is 0.111. The summed E-state index contributed by atoms with van der Waals surface area (Å²) in [5.41, 5.74) is 0.319. The maximum absolute atomic E-state index is 12.3. The lowest BCUT2D eigenvalue weighted by Crippen LogP contribution is -2.12. The SMILES string of the molecule is O=c1sc(C(F)(F)F)nn1-c1ccccc1. The molecule has 0 spiro atoms. The molecule has 3 nitrogen and oxygen atoms in total. The quantitative estimate of drug-likeness (QED) is 0.774. The summed E-state index contributed by atoms with van der Waals surface area (Å²) >= 11 is 0.0874. The molecule has 2 rings (SSSR count). The molecule has 0 radical (unpaired) electrons. The maximum atomic E-state index is 12.3. The van der Waals surface area contributed by atoms with Crippen LogP contribution in [0, 0.1) is 0 Å². The summed E-state index contributed by atoms with van der Waals surface area (Å²) in [6.07, 6.45) is -4.58. The van der Waals surface area contributed by atoms with Gasteiger partial charge in [0.1, 0.15) is 0 Å². The Hall–Kier alpha value is -1.63. The average Bonchev–Trinajstić information content (AvgIpc) is 2.61. The Kier molecular flexibility index (Phi) is 2.55. The molecule has 0 aliphatic rings. The third-order valence-corrected chi connectivity index (χ3v) is 2.65. The van der Waals surface area contributed by atoms with Gasteiger partial charge in [-0.1, -0.05) is 18.2 Å².